The number of hydrogen-bond donors (Lipinski definition) is 1. The van der Waals surface area contributed by atoms with Crippen LogP contribution >= 0.6 is 11.6 Å². The molecule has 0 aromatic heterocycles. The van der Waals surface area contributed by atoms with Crippen LogP contribution in [0.25, 0.3) is 0 Å². The molecule has 0 fully saturated rings. The molecule has 1 aromatic rings. The van der Waals surface area contributed by atoms with Crippen molar-refractivity contribution in [2.75, 3.05) is 0 Å². The number of phenols is 1. The van der Waals surface area contributed by atoms with Crippen molar-refractivity contribution >= 4 is 17.9 Å². The summed E-state index contributed by atoms with van der Waals surface area (Å²) in [5, 5.41) is 9.18. The highest BCUT2D eigenvalue weighted by Crippen LogP contribution is 2.27. The zero-order chi connectivity index (χ0) is 9.84. The molecule has 0 heterocycles. The Kier molecular flexibility index (Phi) is 3.25. The van der Waals surface area contributed by atoms with Gasteiger partial charge < -0.3 is 9.90 Å². The minimum absolute atomic E-state index is 0.0429. The topological polar surface area (TPSA) is 37.3 Å². The Morgan fingerprint density at radius 2 is 2.23 bits per heavy atom. The summed E-state index contributed by atoms with van der Waals surface area (Å²) in [5.41, 5.74) is 0.0969. The summed E-state index contributed by atoms with van der Waals surface area (Å²) in [6.07, 6.45) is 1.01. The van der Waals surface area contributed by atoms with Gasteiger partial charge in [0, 0.05) is 12.0 Å². The molecule has 70 valence electrons. The molecule has 1 aromatic carbocycles. The maximum atomic E-state index is 13.2. The highest BCUT2D eigenvalue weighted by molar-refractivity contribution is 6.30. The molecule has 1 rings (SSSR count). The van der Waals surface area contributed by atoms with E-state index in [0.717, 1.165) is 0 Å². The van der Waals surface area contributed by atoms with Crippen LogP contribution < -0.4 is 0 Å². The van der Waals surface area contributed by atoms with Crippen LogP contribution in [-0.2, 0) is 11.2 Å². The van der Waals surface area contributed by atoms with Gasteiger partial charge in [-0.25, -0.2) is 4.39 Å². The van der Waals surface area contributed by atoms with Crippen LogP contribution in [0.3, 0.4) is 0 Å². The van der Waals surface area contributed by atoms with Gasteiger partial charge in [0.05, 0.1) is 5.02 Å². The predicted octanol–water partition coefficient (Wildman–Crippen LogP) is 2.32. The molecular formula is C9H8ClFO2. The molecule has 2 nitrogen and oxygen atoms in total. The minimum Gasteiger partial charge on any atom is -0.508 e. The number of halogens is 2. The van der Waals surface area contributed by atoms with E-state index in [-0.39, 0.29) is 29.2 Å². The predicted molar refractivity (Wildman–Crippen MR) is 47.5 cm³/mol. The van der Waals surface area contributed by atoms with E-state index >= 15 is 0 Å². The average molecular weight is 203 g/mol. The van der Waals surface area contributed by atoms with E-state index in [4.69, 9.17) is 11.6 Å². The van der Waals surface area contributed by atoms with E-state index in [2.05, 4.69) is 0 Å². The van der Waals surface area contributed by atoms with Crippen molar-refractivity contribution in [2.24, 2.45) is 0 Å². The molecule has 0 atom stereocenters. The fourth-order valence-corrected chi connectivity index (χ4v) is 1.20. The Morgan fingerprint density at radius 3 is 2.85 bits per heavy atom. The standard InChI is InChI=1S/C9H8ClFO2/c10-7-3-4-8(13)6(9(7)11)2-1-5-12/h3-5,13H,1-2H2. The summed E-state index contributed by atoms with van der Waals surface area (Å²) in [6, 6.07) is 2.59. The van der Waals surface area contributed by atoms with Gasteiger partial charge in [-0.2, -0.15) is 0 Å². The summed E-state index contributed by atoms with van der Waals surface area (Å²) >= 11 is 5.49. The summed E-state index contributed by atoms with van der Waals surface area (Å²) in [4.78, 5) is 10.0. The number of aromatic hydroxyl groups is 1. The molecule has 0 unspecified atom stereocenters. The third-order valence-electron chi connectivity index (χ3n) is 1.68. The fraction of sp³-hybridized carbons (Fsp3) is 0.222. The SMILES string of the molecule is O=CCCc1c(O)ccc(Cl)c1F. The second-order valence-electron chi connectivity index (χ2n) is 2.56. The molecule has 1 N–H and O–H groups in total. The van der Waals surface area contributed by atoms with E-state index in [1.807, 2.05) is 0 Å². The highest BCUT2D eigenvalue weighted by atomic mass is 35.5. The molecule has 4 heteroatoms. The van der Waals surface area contributed by atoms with Crippen LogP contribution in [-0.4, -0.2) is 11.4 Å². The van der Waals surface area contributed by atoms with Crippen LogP contribution in [0.4, 0.5) is 4.39 Å². The molecule has 13 heavy (non-hydrogen) atoms. The van der Waals surface area contributed by atoms with Crippen LogP contribution in [0.5, 0.6) is 5.75 Å². The molecule has 0 spiro atoms. The zero-order valence-corrected chi connectivity index (χ0v) is 7.51. The Bertz CT molecular complexity index is 326. The molecule has 0 saturated carbocycles. The molecular weight excluding hydrogens is 195 g/mol. The van der Waals surface area contributed by atoms with Crippen LogP contribution in [0.15, 0.2) is 12.1 Å². The Hall–Kier alpha value is -1.09. The lowest BCUT2D eigenvalue weighted by molar-refractivity contribution is -0.107. The van der Waals surface area contributed by atoms with Crippen molar-refractivity contribution in [3.05, 3.63) is 28.5 Å². The Labute approximate surface area is 80.0 Å². The smallest absolute Gasteiger partial charge is 0.148 e. The number of carbonyl (C=O) groups is 1. The van der Waals surface area contributed by atoms with E-state index < -0.39 is 5.82 Å². The maximum absolute atomic E-state index is 13.2. The first-order valence-electron chi connectivity index (χ1n) is 3.76. The van der Waals surface area contributed by atoms with Crippen LogP contribution in [0, 0.1) is 5.82 Å². The van der Waals surface area contributed by atoms with Gasteiger partial charge in [-0.1, -0.05) is 11.6 Å². The normalized spacial score (nSPS) is 10.0. The number of phenolic OH excluding ortho intramolecular Hbond substituents is 1. The number of hydrogen-bond acceptors (Lipinski definition) is 2. The zero-order valence-electron chi connectivity index (χ0n) is 6.76. The maximum Gasteiger partial charge on any atom is 0.148 e. The number of rotatable bonds is 3. The van der Waals surface area contributed by atoms with Gasteiger partial charge in [0.2, 0.25) is 0 Å². The summed E-state index contributed by atoms with van der Waals surface area (Å²) in [7, 11) is 0. The van der Waals surface area contributed by atoms with Crippen molar-refractivity contribution in [2.45, 2.75) is 12.8 Å². The number of carbonyl (C=O) groups excluding carboxylic acids is 1. The van der Waals surface area contributed by atoms with E-state index in [1.54, 1.807) is 0 Å². The van der Waals surface area contributed by atoms with Gasteiger partial charge in [-0.15, -0.1) is 0 Å². The lowest BCUT2D eigenvalue weighted by Crippen LogP contribution is -1.93. The largest absolute Gasteiger partial charge is 0.508 e. The van der Waals surface area contributed by atoms with Crippen LogP contribution in [0.1, 0.15) is 12.0 Å². The van der Waals surface area contributed by atoms with Gasteiger partial charge in [0.1, 0.15) is 17.9 Å². The van der Waals surface area contributed by atoms with Gasteiger partial charge >= 0.3 is 0 Å². The van der Waals surface area contributed by atoms with Gasteiger partial charge in [-0.05, 0) is 18.6 Å². The van der Waals surface area contributed by atoms with Crippen molar-refractivity contribution < 1.29 is 14.3 Å². The van der Waals surface area contributed by atoms with E-state index in [0.29, 0.717) is 6.29 Å². The molecule has 0 aliphatic heterocycles. The van der Waals surface area contributed by atoms with Crippen LogP contribution in [0.2, 0.25) is 5.02 Å². The highest BCUT2D eigenvalue weighted by Gasteiger charge is 2.10. The molecule has 0 bridgehead atoms. The average Bonchev–Trinajstić information content (AvgIpc) is 2.12. The first kappa shape index (κ1) is 9.99. The first-order chi connectivity index (χ1) is 6.16. The summed E-state index contributed by atoms with van der Waals surface area (Å²) < 4.78 is 13.2. The van der Waals surface area contributed by atoms with E-state index in [9.17, 15) is 14.3 Å². The lowest BCUT2D eigenvalue weighted by atomic mass is 10.1. The Morgan fingerprint density at radius 1 is 1.54 bits per heavy atom. The van der Waals surface area contributed by atoms with Crippen molar-refractivity contribution in [3.8, 4) is 5.75 Å². The number of aldehydes is 1. The second-order valence-corrected chi connectivity index (χ2v) is 2.97. The number of benzene rings is 1. The minimum atomic E-state index is -0.650. The fourth-order valence-electron chi connectivity index (χ4n) is 1.02. The molecule has 0 aliphatic rings. The van der Waals surface area contributed by atoms with Gasteiger partial charge in [0.15, 0.2) is 0 Å². The quantitative estimate of drug-likeness (QED) is 0.764. The van der Waals surface area contributed by atoms with Gasteiger partial charge in [0.25, 0.3) is 0 Å². The summed E-state index contributed by atoms with van der Waals surface area (Å²) in [6.45, 7) is 0. The van der Waals surface area contributed by atoms with Crippen molar-refractivity contribution in [1.82, 2.24) is 0 Å². The Balaban J connectivity index is 3.02. The van der Waals surface area contributed by atoms with Crippen molar-refractivity contribution in [3.63, 3.8) is 0 Å². The lowest BCUT2D eigenvalue weighted by Gasteiger charge is -2.04. The van der Waals surface area contributed by atoms with Gasteiger partial charge in [-0.3, -0.25) is 0 Å². The second kappa shape index (κ2) is 4.23. The third kappa shape index (κ3) is 2.18. The van der Waals surface area contributed by atoms with Crippen molar-refractivity contribution in [1.29, 1.82) is 0 Å². The molecule has 0 aliphatic carbocycles. The summed E-state index contributed by atoms with van der Waals surface area (Å²) in [5.74, 6) is -0.813. The molecule has 0 saturated heterocycles. The molecule has 0 radical (unpaired) electrons. The molecule has 0 amide bonds. The third-order valence-corrected chi connectivity index (χ3v) is 1.98. The first-order valence-corrected chi connectivity index (χ1v) is 4.14. The van der Waals surface area contributed by atoms with E-state index in [1.165, 1.54) is 12.1 Å². The monoisotopic (exact) mass is 202 g/mol.